The van der Waals surface area contributed by atoms with E-state index in [1.807, 2.05) is 0 Å². The van der Waals surface area contributed by atoms with Crippen LogP contribution in [0.3, 0.4) is 0 Å². The highest BCUT2D eigenvalue weighted by molar-refractivity contribution is 7.89. The highest BCUT2D eigenvalue weighted by atomic mass is 32.2. The third-order valence-corrected chi connectivity index (χ3v) is 4.04. The van der Waals surface area contributed by atoms with Crippen LogP contribution in [0.15, 0.2) is 0 Å². The molecule has 1 fully saturated rings. The lowest BCUT2D eigenvalue weighted by Gasteiger charge is -2.23. The molecule has 0 saturated carbocycles. The number of ether oxygens (including phenoxy) is 2. The summed E-state index contributed by atoms with van der Waals surface area (Å²) in [4.78, 5) is 0. The topological polar surface area (TPSA) is 76.7 Å². The summed E-state index contributed by atoms with van der Waals surface area (Å²) in [6.45, 7) is 5.63. The van der Waals surface area contributed by atoms with Gasteiger partial charge in [-0.25, -0.2) is 13.1 Å². The molecule has 1 aliphatic rings. The molecule has 6 nitrogen and oxygen atoms in total. The van der Waals surface area contributed by atoms with E-state index in [0.29, 0.717) is 32.8 Å². The number of nitrogens with one attached hydrogen (secondary N) is 2. The van der Waals surface area contributed by atoms with E-state index in [0.717, 1.165) is 19.5 Å². The summed E-state index contributed by atoms with van der Waals surface area (Å²) in [5, 5.41) is 3.18. The Kier molecular flexibility index (Phi) is 7.76. The lowest BCUT2D eigenvalue weighted by molar-refractivity contribution is -0.0846. The summed E-state index contributed by atoms with van der Waals surface area (Å²) in [7, 11) is -3.19. The summed E-state index contributed by atoms with van der Waals surface area (Å²) in [5.41, 5.74) is 0. The minimum Gasteiger partial charge on any atom is -0.376 e. The van der Waals surface area contributed by atoms with Gasteiger partial charge in [0.1, 0.15) is 0 Å². The van der Waals surface area contributed by atoms with E-state index < -0.39 is 10.0 Å². The summed E-state index contributed by atoms with van der Waals surface area (Å²) in [5.74, 6) is 0.150. The van der Waals surface area contributed by atoms with E-state index in [1.165, 1.54) is 0 Å². The Morgan fingerprint density at radius 3 is 2.78 bits per heavy atom. The van der Waals surface area contributed by atoms with Gasteiger partial charge < -0.3 is 14.8 Å². The fraction of sp³-hybridized carbons (Fsp3) is 1.00. The van der Waals surface area contributed by atoms with Crippen molar-refractivity contribution in [2.24, 2.45) is 0 Å². The Bertz CT molecular complexity index is 302. The van der Waals surface area contributed by atoms with Crippen molar-refractivity contribution >= 4 is 10.0 Å². The van der Waals surface area contributed by atoms with E-state index in [4.69, 9.17) is 9.47 Å². The highest BCUT2D eigenvalue weighted by Crippen LogP contribution is 2.00. The van der Waals surface area contributed by atoms with Gasteiger partial charge in [-0.15, -0.1) is 0 Å². The lowest BCUT2D eigenvalue weighted by Crippen LogP contribution is -2.40. The van der Waals surface area contributed by atoms with E-state index in [-0.39, 0.29) is 11.9 Å². The van der Waals surface area contributed by atoms with Gasteiger partial charge >= 0.3 is 0 Å². The predicted octanol–water partition coefficient (Wildman–Crippen LogP) is -0.289. The zero-order chi connectivity index (χ0) is 13.3. The second-order valence-corrected chi connectivity index (χ2v) is 6.27. The molecular formula is C11H24N2O4S. The number of rotatable bonds is 9. The molecule has 108 valence electrons. The molecule has 0 amide bonds. The first-order chi connectivity index (χ1) is 8.64. The molecule has 1 saturated heterocycles. The Morgan fingerprint density at radius 1 is 1.28 bits per heavy atom. The Hall–Kier alpha value is -0.210. The Morgan fingerprint density at radius 2 is 2.11 bits per heavy atom. The van der Waals surface area contributed by atoms with Crippen LogP contribution in [0.5, 0.6) is 0 Å². The summed E-state index contributed by atoms with van der Waals surface area (Å²) in [6.07, 6.45) is 1.52. The van der Waals surface area contributed by atoms with E-state index in [2.05, 4.69) is 17.0 Å². The maximum Gasteiger partial charge on any atom is 0.211 e. The van der Waals surface area contributed by atoms with Crippen molar-refractivity contribution in [2.75, 3.05) is 45.2 Å². The van der Waals surface area contributed by atoms with Crippen LogP contribution in [-0.2, 0) is 19.5 Å². The van der Waals surface area contributed by atoms with Crippen LogP contribution in [0.1, 0.15) is 19.8 Å². The second kappa shape index (κ2) is 8.82. The molecule has 1 rings (SSSR count). The number of hydrogen-bond donors (Lipinski definition) is 2. The first-order valence-electron chi connectivity index (χ1n) is 6.51. The zero-order valence-electron chi connectivity index (χ0n) is 11.0. The van der Waals surface area contributed by atoms with Gasteiger partial charge in [0.25, 0.3) is 0 Å². The summed E-state index contributed by atoms with van der Waals surface area (Å²) < 4.78 is 36.5. The first kappa shape index (κ1) is 15.8. The fourth-order valence-electron chi connectivity index (χ4n) is 1.64. The van der Waals surface area contributed by atoms with Crippen molar-refractivity contribution in [2.45, 2.75) is 25.9 Å². The van der Waals surface area contributed by atoms with Gasteiger partial charge in [0.15, 0.2) is 0 Å². The quantitative estimate of drug-likeness (QED) is 0.568. The van der Waals surface area contributed by atoms with Crippen molar-refractivity contribution in [3.05, 3.63) is 0 Å². The Balaban J connectivity index is 2.10. The molecule has 1 unspecified atom stereocenters. The minimum atomic E-state index is -3.19. The molecule has 0 spiro atoms. The molecule has 7 heteroatoms. The maximum absolute atomic E-state index is 11.7. The Labute approximate surface area is 109 Å². The fourth-order valence-corrected chi connectivity index (χ4v) is 2.74. The SMILES string of the molecule is CCCNCCCS(=O)(=O)NCC1COCCO1. The van der Waals surface area contributed by atoms with Gasteiger partial charge in [-0.1, -0.05) is 6.92 Å². The monoisotopic (exact) mass is 280 g/mol. The molecule has 0 aromatic rings. The van der Waals surface area contributed by atoms with Crippen molar-refractivity contribution in [1.82, 2.24) is 10.0 Å². The summed E-state index contributed by atoms with van der Waals surface area (Å²) in [6, 6.07) is 0. The molecule has 0 aromatic heterocycles. The lowest BCUT2D eigenvalue weighted by atomic mass is 10.3. The third-order valence-electron chi connectivity index (χ3n) is 2.61. The molecule has 1 atom stereocenters. The van der Waals surface area contributed by atoms with Crippen LogP contribution in [-0.4, -0.2) is 59.7 Å². The van der Waals surface area contributed by atoms with E-state index in [1.54, 1.807) is 0 Å². The van der Waals surface area contributed by atoms with Gasteiger partial charge in [-0.05, 0) is 25.9 Å². The van der Waals surface area contributed by atoms with Crippen LogP contribution in [0, 0.1) is 0 Å². The molecule has 0 aliphatic carbocycles. The molecule has 1 heterocycles. The average Bonchev–Trinajstić information content (AvgIpc) is 2.38. The molecule has 1 aliphatic heterocycles. The zero-order valence-corrected chi connectivity index (χ0v) is 11.8. The van der Waals surface area contributed by atoms with Crippen molar-refractivity contribution in [3.8, 4) is 0 Å². The standard InChI is InChI=1S/C11H24N2O4S/c1-2-4-12-5-3-8-18(14,15)13-9-11-10-16-6-7-17-11/h11-13H,2-10H2,1H3. The third kappa shape index (κ3) is 7.27. The maximum atomic E-state index is 11.7. The van der Waals surface area contributed by atoms with Gasteiger partial charge in [0.05, 0.1) is 31.7 Å². The van der Waals surface area contributed by atoms with Gasteiger partial charge in [-0.3, -0.25) is 0 Å². The van der Waals surface area contributed by atoms with Crippen LogP contribution >= 0.6 is 0 Å². The van der Waals surface area contributed by atoms with E-state index in [9.17, 15) is 8.42 Å². The first-order valence-corrected chi connectivity index (χ1v) is 8.16. The van der Waals surface area contributed by atoms with Crippen molar-refractivity contribution < 1.29 is 17.9 Å². The van der Waals surface area contributed by atoms with Gasteiger partial charge in [0, 0.05) is 6.54 Å². The second-order valence-electron chi connectivity index (χ2n) is 4.34. The number of sulfonamides is 1. The van der Waals surface area contributed by atoms with Gasteiger partial charge in [0.2, 0.25) is 10.0 Å². The molecule has 2 N–H and O–H groups in total. The van der Waals surface area contributed by atoms with Crippen LogP contribution in [0.2, 0.25) is 0 Å². The van der Waals surface area contributed by atoms with Gasteiger partial charge in [-0.2, -0.15) is 0 Å². The molecule has 0 bridgehead atoms. The average molecular weight is 280 g/mol. The summed E-state index contributed by atoms with van der Waals surface area (Å²) >= 11 is 0. The minimum absolute atomic E-state index is 0.150. The van der Waals surface area contributed by atoms with E-state index >= 15 is 0 Å². The van der Waals surface area contributed by atoms with Crippen molar-refractivity contribution in [3.63, 3.8) is 0 Å². The largest absolute Gasteiger partial charge is 0.376 e. The highest BCUT2D eigenvalue weighted by Gasteiger charge is 2.17. The number of hydrogen-bond acceptors (Lipinski definition) is 5. The van der Waals surface area contributed by atoms with Crippen LogP contribution in [0.25, 0.3) is 0 Å². The normalized spacial score (nSPS) is 21.1. The molecule has 18 heavy (non-hydrogen) atoms. The molecule has 0 radical (unpaired) electrons. The van der Waals surface area contributed by atoms with Crippen LogP contribution in [0.4, 0.5) is 0 Å². The molecule has 0 aromatic carbocycles. The smallest absolute Gasteiger partial charge is 0.211 e. The predicted molar refractivity (Wildman–Crippen MR) is 70.1 cm³/mol. The van der Waals surface area contributed by atoms with Crippen molar-refractivity contribution in [1.29, 1.82) is 0 Å². The van der Waals surface area contributed by atoms with Crippen LogP contribution < -0.4 is 10.0 Å². The molecular weight excluding hydrogens is 256 g/mol.